The summed E-state index contributed by atoms with van der Waals surface area (Å²) in [6.07, 6.45) is 5.91. The van der Waals surface area contributed by atoms with Gasteiger partial charge in [-0.2, -0.15) is 0 Å². The van der Waals surface area contributed by atoms with Crippen LogP contribution in [-0.2, 0) is 0 Å². The fraction of sp³-hybridized carbons (Fsp3) is 0.667. The standard InChI is InChI=1S/C12H18N3/c1-10(2)11-4-8-15(9-5-11)12-13-6-3-7-14-12/h6-7,10-11H,4-5,8-9H2,1-2H3. The van der Waals surface area contributed by atoms with Crippen LogP contribution in [0, 0.1) is 17.9 Å². The van der Waals surface area contributed by atoms with Gasteiger partial charge in [-0.3, -0.25) is 0 Å². The van der Waals surface area contributed by atoms with Crippen molar-refractivity contribution < 1.29 is 0 Å². The molecule has 1 radical (unpaired) electrons. The van der Waals surface area contributed by atoms with E-state index in [1.54, 1.807) is 12.4 Å². The summed E-state index contributed by atoms with van der Waals surface area (Å²) in [4.78, 5) is 10.7. The number of anilines is 1. The number of nitrogens with zero attached hydrogens (tertiary/aromatic N) is 3. The van der Waals surface area contributed by atoms with Crippen LogP contribution >= 0.6 is 0 Å². The summed E-state index contributed by atoms with van der Waals surface area (Å²) < 4.78 is 0. The van der Waals surface area contributed by atoms with Gasteiger partial charge in [0.2, 0.25) is 5.95 Å². The second-order valence-corrected chi connectivity index (χ2v) is 4.55. The van der Waals surface area contributed by atoms with Crippen LogP contribution < -0.4 is 4.90 Å². The topological polar surface area (TPSA) is 29.0 Å². The summed E-state index contributed by atoms with van der Waals surface area (Å²) in [6.45, 7) is 6.81. The number of piperidine rings is 1. The lowest BCUT2D eigenvalue weighted by Crippen LogP contribution is -2.36. The van der Waals surface area contributed by atoms with Crippen LogP contribution in [0.25, 0.3) is 0 Å². The fourth-order valence-electron chi connectivity index (χ4n) is 2.19. The van der Waals surface area contributed by atoms with E-state index < -0.39 is 0 Å². The van der Waals surface area contributed by atoms with Crippen molar-refractivity contribution in [1.29, 1.82) is 0 Å². The molecule has 0 unspecified atom stereocenters. The van der Waals surface area contributed by atoms with Crippen LogP contribution in [0.15, 0.2) is 12.4 Å². The van der Waals surface area contributed by atoms with E-state index in [9.17, 15) is 0 Å². The maximum atomic E-state index is 4.23. The van der Waals surface area contributed by atoms with Crippen LogP contribution in [0.5, 0.6) is 0 Å². The van der Waals surface area contributed by atoms with E-state index in [0.29, 0.717) is 0 Å². The molecular formula is C12H18N3. The molecule has 0 N–H and O–H groups in total. The van der Waals surface area contributed by atoms with Gasteiger partial charge in [0, 0.05) is 31.5 Å². The quantitative estimate of drug-likeness (QED) is 0.739. The van der Waals surface area contributed by atoms with Gasteiger partial charge in [-0.05, 0) is 24.7 Å². The average molecular weight is 204 g/mol. The van der Waals surface area contributed by atoms with E-state index in [1.807, 2.05) is 0 Å². The Balaban J connectivity index is 1.94. The Morgan fingerprint density at radius 3 is 2.40 bits per heavy atom. The first-order chi connectivity index (χ1) is 7.27. The Hall–Kier alpha value is -1.12. The Morgan fingerprint density at radius 1 is 1.27 bits per heavy atom. The third-order valence-corrected chi connectivity index (χ3v) is 3.27. The minimum absolute atomic E-state index is 0.803. The lowest BCUT2D eigenvalue weighted by atomic mass is 9.87. The Morgan fingerprint density at radius 2 is 1.87 bits per heavy atom. The minimum Gasteiger partial charge on any atom is -0.341 e. The molecule has 0 spiro atoms. The van der Waals surface area contributed by atoms with Crippen molar-refractivity contribution in [2.45, 2.75) is 26.7 Å². The van der Waals surface area contributed by atoms with E-state index in [0.717, 1.165) is 30.9 Å². The summed E-state index contributed by atoms with van der Waals surface area (Å²) in [6, 6.07) is 2.85. The zero-order valence-electron chi connectivity index (χ0n) is 9.48. The summed E-state index contributed by atoms with van der Waals surface area (Å²) in [5.41, 5.74) is 0. The number of hydrogen-bond donors (Lipinski definition) is 0. The Kier molecular flexibility index (Phi) is 3.19. The third-order valence-electron chi connectivity index (χ3n) is 3.27. The van der Waals surface area contributed by atoms with Gasteiger partial charge in [0.05, 0.1) is 0 Å². The molecule has 15 heavy (non-hydrogen) atoms. The van der Waals surface area contributed by atoms with Crippen LogP contribution in [0.4, 0.5) is 5.95 Å². The van der Waals surface area contributed by atoms with Crippen LogP contribution in [-0.4, -0.2) is 23.1 Å². The molecule has 2 rings (SSSR count). The second kappa shape index (κ2) is 4.60. The van der Waals surface area contributed by atoms with Crippen molar-refractivity contribution in [1.82, 2.24) is 9.97 Å². The van der Waals surface area contributed by atoms with Crippen LogP contribution in [0.2, 0.25) is 0 Å². The molecule has 1 aromatic rings. The van der Waals surface area contributed by atoms with Gasteiger partial charge in [-0.15, -0.1) is 0 Å². The Labute approximate surface area is 91.5 Å². The molecule has 81 valence electrons. The van der Waals surface area contributed by atoms with Gasteiger partial charge in [0.25, 0.3) is 0 Å². The molecule has 0 aliphatic carbocycles. The van der Waals surface area contributed by atoms with Crippen molar-refractivity contribution in [2.75, 3.05) is 18.0 Å². The maximum Gasteiger partial charge on any atom is 0.225 e. The average Bonchev–Trinajstić information content (AvgIpc) is 2.30. The monoisotopic (exact) mass is 204 g/mol. The molecule has 1 aromatic heterocycles. The third kappa shape index (κ3) is 2.46. The molecule has 3 heteroatoms. The predicted octanol–water partition coefficient (Wildman–Crippen LogP) is 2.15. The highest BCUT2D eigenvalue weighted by Crippen LogP contribution is 2.25. The number of hydrogen-bond acceptors (Lipinski definition) is 3. The first-order valence-electron chi connectivity index (χ1n) is 5.70. The van der Waals surface area contributed by atoms with Gasteiger partial charge in [0.15, 0.2) is 0 Å². The maximum absolute atomic E-state index is 4.23. The van der Waals surface area contributed by atoms with Gasteiger partial charge in [-0.25, -0.2) is 9.97 Å². The molecule has 1 aliphatic heterocycles. The molecule has 0 bridgehead atoms. The highest BCUT2D eigenvalue weighted by atomic mass is 15.2. The molecular weight excluding hydrogens is 186 g/mol. The number of rotatable bonds is 2. The van der Waals surface area contributed by atoms with Crippen LogP contribution in [0.1, 0.15) is 26.7 Å². The van der Waals surface area contributed by atoms with Crippen molar-refractivity contribution in [3.63, 3.8) is 0 Å². The first kappa shape index (κ1) is 10.4. The van der Waals surface area contributed by atoms with E-state index in [1.165, 1.54) is 12.8 Å². The zero-order chi connectivity index (χ0) is 10.7. The van der Waals surface area contributed by atoms with Gasteiger partial charge in [-0.1, -0.05) is 13.8 Å². The van der Waals surface area contributed by atoms with E-state index in [4.69, 9.17) is 0 Å². The lowest BCUT2D eigenvalue weighted by Gasteiger charge is -2.33. The summed E-state index contributed by atoms with van der Waals surface area (Å²) in [7, 11) is 0. The highest BCUT2D eigenvalue weighted by Gasteiger charge is 2.22. The van der Waals surface area contributed by atoms with Crippen molar-refractivity contribution >= 4 is 5.95 Å². The summed E-state index contributed by atoms with van der Waals surface area (Å²) in [5.74, 6) is 2.53. The fourth-order valence-corrected chi connectivity index (χ4v) is 2.19. The van der Waals surface area contributed by atoms with E-state index in [2.05, 4.69) is 34.8 Å². The molecule has 3 nitrogen and oxygen atoms in total. The van der Waals surface area contributed by atoms with Gasteiger partial charge < -0.3 is 4.90 Å². The molecule has 2 heterocycles. The zero-order valence-corrected chi connectivity index (χ0v) is 9.48. The SMILES string of the molecule is CC(C)C1CCN(c2nc[c]cn2)CC1. The molecule has 1 aliphatic rings. The highest BCUT2D eigenvalue weighted by molar-refractivity contribution is 5.28. The molecule has 0 amide bonds. The van der Waals surface area contributed by atoms with Crippen molar-refractivity contribution in [3.05, 3.63) is 18.5 Å². The van der Waals surface area contributed by atoms with Gasteiger partial charge >= 0.3 is 0 Å². The predicted molar refractivity (Wildman–Crippen MR) is 60.6 cm³/mol. The minimum atomic E-state index is 0.803. The lowest BCUT2D eigenvalue weighted by molar-refractivity contribution is 0.310. The van der Waals surface area contributed by atoms with E-state index >= 15 is 0 Å². The molecule has 0 saturated carbocycles. The summed E-state index contributed by atoms with van der Waals surface area (Å²) >= 11 is 0. The molecule has 0 atom stereocenters. The molecule has 0 aromatic carbocycles. The largest absolute Gasteiger partial charge is 0.341 e. The van der Waals surface area contributed by atoms with E-state index in [-0.39, 0.29) is 0 Å². The van der Waals surface area contributed by atoms with Gasteiger partial charge in [0.1, 0.15) is 0 Å². The van der Waals surface area contributed by atoms with Crippen LogP contribution in [0.3, 0.4) is 0 Å². The first-order valence-corrected chi connectivity index (χ1v) is 5.70. The normalized spacial score (nSPS) is 18.5. The smallest absolute Gasteiger partial charge is 0.225 e. The Bertz CT molecular complexity index is 289. The number of aromatic nitrogens is 2. The second-order valence-electron chi connectivity index (χ2n) is 4.55. The summed E-state index contributed by atoms with van der Waals surface area (Å²) in [5, 5.41) is 0. The molecule has 1 fully saturated rings. The van der Waals surface area contributed by atoms with Crippen molar-refractivity contribution in [3.8, 4) is 0 Å². The van der Waals surface area contributed by atoms with Crippen molar-refractivity contribution in [2.24, 2.45) is 11.8 Å². The molecule has 1 saturated heterocycles.